The van der Waals surface area contributed by atoms with Gasteiger partial charge in [0.25, 0.3) is 11.6 Å². The third-order valence-corrected chi connectivity index (χ3v) is 5.29. The van der Waals surface area contributed by atoms with Gasteiger partial charge in [-0.3, -0.25) is 9.69 Å². The zero-order chi connectivity index (χ0) is 21.4. The van der Waals surface area contributed by atoms with Crippen LogP contribution in [0, 0.1) is 0 Å². The second-order valence-electron chi connectivity index (χ2n) is 7.19. The first-order valence-corrected chi connectivity index (χ1v) is 9.72. The van der Waals surface area contributed by atoms with Crippen molar-refractivity contribution in [2.45, 2.75) is 12.3 Å². The minimum atomic E-state index is -2.24. The lowest BCUT2D eigenvalue weighted by Gasteiger charge is -2.42. The Kier molecular flexibility index (Phi) is 4.48. The molecule has 2 aliphatic rings. The van der Waals surface area contributed by atoms with Gasteiger partial charge in [-0.2, -0.15) is 0 Å². The minimum Gasteiger partial charge on any atom is -0.454 e. The Morgan fingerprint density at radius 3 is 2.61 bits per heavy atom. The van der Waals surface area contributed by atoms with Gasteiger partial charge in [0.2, 0.25) is 6.79 Å². The van der Waals surface area contributed by atoms with Crippen LogP contribution in [0.2, 0.25) is 0 Å². The summed E-state index contributed by atoms with van der Waals surface area (Å²) < 4.78 is 10.7. The molecular weight excluding hydrogens is 398 g/mol. The van der Waals surface area contributed by atoms with Crippen molar-refractivity contribution in [3.63, 3.8) is 0 Å². The van der Waals surface area contributed by atoms with Gasteiger partial charge in [0, 0.05) is 17.8 Å². The summed E-state index contributed by atoms with van der Waals surface area (Å²) in [5, 5.41) is 17.2. The molecule has 0 unspecified atom stereocenters. The fraction of sp³-hybridized carbons (Fsp3) is 0.130. The second-order valence-corrected chi connectivity index (χ2v) is 7.19. The molecule has 0 bridgehead atoms. The average molecular weight is 417 g/mol. The third-order valence-electron chi connectivity index (χ3n) is 5.29. The molecule has 0 spiro atoms. The van der Waals surface area contributed by atoms with E-state index in [-0.39, 0.29) is 18.9 Å². The number of benzene rings is 3. The Labute approximate surface area is 178 Å². The van der Waals surface area contributed by atoms with Crippen molar-refractivity contribution in [1.29, 1.82) is 0 Å². The molecule has 2 heterocycles. The molecule has 3 aromatic rings. The van der Waals surface area contributed by atoms with Crippen molar-refractivity contribution in [2.24, 2.45) is 0 Å². The molecule has 0 aliphatic carbocycles. The number of aliphatic hydroxyl groups is 1. The summed E-state index contributed by atoms with van der Waals surface area (Å²) in [6.45, 7) is 0.285. The standard InChI is InChI=1S/C23H19N3O5/c27-21(24-13-15-10-11-19-20(12-15)31-14-30-19)23(29)17-8-4-5-9-18(17)25-22(28)26(23)16-6-2-1-3-7-16/h1-12,29H,13-14H2,(H,24,27)(H,25,28)/t23-/m1/s1. The Bertz CT molecular complexity index is 1170. The monoisotopic (exact) mass is 417 g/mol. The zero-order valence-corrected chi connectivity index (χ0v) is 16.4. The summed E-state index contributed by atoms with van der Waals surface area (Å²) in [7, 11) is 0. The highest BCUT2D eigenvalue weighted by Crippen LogP contribution is 2.39. The van der Waals surface area contributed by atoms with Crippen molar-refractivity contribution in [3.05, 3.63) is 83.9 Å². The predicted molar refractivity (Wildman–Crippen MR) is 113 cm³/mol. The molecule has 0 radical (unpaired) electrons. The highest BCUT2D eigenvalue weighted by atomic mass is 16.7. The Hall–Kier alpha value is -4.04. The van der Waals surface area contributed by atoms with Crippen LogP contribution >= 0.6 is 0 Å². The van der Waals surface area contributed by atoms with E-state index in [0.717, 1.165) is 10.5 Å². The summed E-state index contributed by atoms with van der Waals surface area (Å²) in [6.07, 6.45) is 0. The number of nitrogens with one attached hydrogen (secondary N) is 2. The Morgan fingerprint density at radius 2 is 1.77 bits per heavy atom. The molecule has 0 saturated carbocycles. The molecule has 0 saturated heterocycles. The number of anilines is 2. The maximum absolute atomic E-state index is 13.4. The summed E-state index contributed by atoms with van der Waals surface area (Å²) in [5.74, 6) is 0.511. The number of nitrogens with zero attached hydrogens (tertiary/aromatic N) is 1. The van der Waals surface area contributed by atoms with Gasteiger partial charge >= 0.3 is 6.03 Å². The molecule has 3 N–H and O–H groups in total. The van der Waals surface area contributed by atoms with E-state index in [2.05, 4.69) is 10.6 Å². The van der Waals surface area contributed by atoms with Gasteiger partial charge in [-0.15, -0.1) is 0 Å². The minimum absolute atomic E-state index is 0.129. The van der Waals surface area contributed by atoms with Crippen LogP contribution in [0.1, 0.15) is 11.1 Å². The molecule has 1 atom stereocenters. The van der Waals surface area contributed by atoms with Crippen LogP contribution in [-0.4, -0.2) is 23.8 Å². The van der Waals surface area contributed by atoms with E-state index in [0.29, 0.717) is 22.9 Å². The third kappa shape index (κ3) is 3.13. The molecular formula is C23H19N3O5. The van der Waals surface area contributed by atoms with Gasteiger partial charge < -0.3 is 25.2 Å². The van der Waals surface area contributed by atoms with Crippen LogP contribution in [0.4, 0.5) is 16.2 Å². The number of hydrogen-bond acceptors (Lipinski definition) is 5. The first-order valence-electron chi connectivity index (χ1n) is 9.72. The smallest absolute Gasteiger partial charge is 0.329 e. The molecule has 3 amide bonds. The Balaban J connectivity index is 1.50. The van der Waals surface area contributed by atoms with E-state index in [1.165, 1.54) is 0 Å². The topological polar surface area (TPSA) is 100 Å². The highest BCUT2D eigenvalue weighted by Gasteiger charge is 2.51. The summed E-state index contributed by atoms with van der Waals surface area (Å²) >= 11 is 0. The van der Waals surface area contributed by atoms with Gasteiger partial charge in [0.1, 0.15) is 0 Å². The molecule has 0 fully saturated rings. The highest BCUT2D eigenvalue weighted by molar-refractivity contribution is 6.11. The van der Waals surface area contributed by atoms with Crippen LogP contribution in [0.3, 0.4) is 0 Å². The number of para-hydroxylation sites is 2. The number of rotatable bonds is 4. The number of ether oxygens (including phenoxy) is 2. The number of amides is 3. The van der Waals surface area contributed by atoms with Gasteiger partial charge in [-0.1, -0.05) is 42.5 Å². The molecule has 3 aromatic carbocycles. The normalized spacial score (nSPS) is 18.9. The average Bonchev–Trinajstić information content (AvgIpc) is 3.26. The molecule has 0 aromatic heterocycles. The SMILES string of the molecule is O=C1Nc2ccccc2[C@@](O)(C(=O)NCc2ccc3c(c2)OCO3)N1c1ccccc1. The predicted octanol–water partition coefficient (Wildman–Crippen LogP) is 2.93. The second kappa shape index (κ2) is 7.33. The number of fused-ring (bicyclic) bond motifs is 2. The van der Waals surface area contributed by atoms with Gasteiger partial charge in [-0.25, -0.2) is 4.79 Å². The lowest BCUT2D eigenvalue weighted by molar-refractivity contribution is -0.140. The molecule has 156 valence electrons. The van der Waals surface area contributed by atoms with Crippen molar-refractivity contribution >= 4 is 23.3 Å². The van der Waals surface area contributed by atoms with E-state index in [1.54, 1.807) is 72.8 Å². The number of urea groups is 1. The summed E-state index contributed by atoms with van der Waals surface area (Å²) in [4.78, 5) is 27.4. The Morgan fingerprint density at radius 1 is 1.03 bits per heavy atom. The fourth-order valence-electron chi connectivity index (χ4n) is 3.80. The van der Waals surface area contributed by atoms with Crippen LogP contribution in [-0.2, 0) is 17.1 Å². The zero-order valence-electron chi connectivity index (χ0n) is 16.4. The van der Waals surface area contributed by atoms with Crippen molar-refractivity contribution in [1.82, 2.24) is 5.32 Å². The van der Waals surface area contributed by atoms with E-state index >= 15 is 0 Å². The first-order chi connectivity index (χ1) is 15.1. The molecule has 8 heteroatoms. The molecule has 31 heavy (non-hydrogen) atoms. The largest absolute Gasteiger partial charge is 0.454 e. The fourth-order valence-corrected chi connectivity index (χ4v) is 3.80. The molecule has 8 nitrogen and oxygen atoms in total. The summed E-state index contributed by atoms with van der Waals surface area (Å²) in [5.41, 5.74) is -0.435. The van der Waals surface area contributed by atoms with Crippen LogP contribution in [0.5, 0.6) is 11.5 Å². The molecule has 5 rings (SSSR count). The van der Waals surface area contributed by atoms with Crippen LogP contribution in [0.25, 0.3) is 0 Å². The molecule has 2 aliphatic heterocycles. The maximum atomic E-state index is 13.4. The van der Waals surface area contributed by atoms with Gasteiger partial charge in [0.05, 0.1) is 5.69 Å². The van der Waals surface area contributed by atoms with E-state index in [9.17, 15) is 14.7 Å². The van der Waals surface area contributed by atoms with Gasteiger partial charge in [-0.05, 0) is 35.9 Å². The lowest BCUT2D eigenvalue weighted by atomic mass is 9.94. The van der Waals surface area contributed by atoms with Crippen molar-refractivity contribution in [2.75, 3.05) is 17.0 Å². The number of carbonyl (C=O) groups is 2. The number of carbonyl (C=O) groups excluding carboxylic acids is 2. The van der Waals surface area contributed by atoms with Gasteiger partial charge in [0.15, 0.2) is 11.5 Å². The lowest BCUT2D eigenvalue weighted by Crippen LogP contribution is -2.62. The van der Waals surface area contributed by atoms with Crippen molar-refractivity contribution in [3.8, 4) is 11.5 Å². The summed E-state index contributed by atoms with van der Waals surface area (Å²) in [6, 6.07) is 20.0. The van der Waals surface area contributed by atoms with E-state index in [1.807, 2.05) is 0 Å². The van der Waals surface area contributed by atoms with Crippen LogP contribution in [0.15, 0.2) is 72.8 Å². The number of hydrogen-bond donors (Lipinski definition) is 3. The quantitative estimate of drug-likeness (QED) is 0.606. The van der Waals surface area contributed by atoms with Crippen LogP contribution < -0.4 is 25.0 Å². The maximum Gasteiger partial charge on any atom is 0.329 e. The van der Waals surface area contributed by atoms with E-state index < -0.39 is 17.7 Å². The van der Waals surface area contributed by atoms with E-state index in [4.69, 9.17) is 9.47 Å². The first kappa shape index (κ1) is 19.0. The van der Waals surface area contributed by atoms with Crippen molar-refractivity contribution < 1.29 is 24.2 Å².